The van der Waals surface area contributed by atoms with Gasteiger partial charge in [0.05, 0.1) is 6.54 Å². The smallest absolute Gasteiger partial charge is 0.418 e. The summed E-state index contributed by atoms with van der Waals surface area (Å²) in [4.78, 5) is 28.9. The lowest BCUT2D eigenvalue weighted by atomic mass is 10.0. The second kappa shape index (κ2) is 8.34. The fraction of sp³-hybridized carbons (Fsp3) is 0.364. The van der Waals surface area contributed by atoms with Crippen molar-refractivity contribution in [2.24, 2.45) is 0 Å². The van der Waals surface area contributed by atoms with E-state index < -0.39 is 17.9 Å². The number of rotatable bonds is 3. The van der Waals surface area contributed by atoms with Gasteiger partial charge in [-0.25, -0.2) is 9.69 Å². The van der Waals surface area contributed by atoms with E-state index in [0.717, 1.165) is 10.5 Å². The van der Waals surface area contributed by atoms with Crippen LogP contribution in [0.3, 0.4) is 0 Å². The van der Waals surface area contributed by atoms with Gasteiger partial charge < -0.3 is 4.74 Å². The van der Waals surface area contributed by atoms with Crippen LogP contribution in [0.15, 0.2) is 48.5 Å². The molecule has 5 nitrogen and oxygen atoms in total. The van der Waals surface area contributed by atoms with Crippen LogP contribution in [0.25, 0.3) is 0 Å². The summed E-state index contributed by atoms with van der Waals surface area (Å²) in [5.41, 5.74) is 0.778. The molecule has 1 aliphatic rings. The SMILES string of the molecule is CC(c1ccccc1)N1CC(=O)N(C(=O)OC(C)(C)C)C1c1c(Cl)cccc1Cl. The lowest BCUT2D eigenvalue weighted by Crippen LogP contribution is -2.41. The molecule has 2 unspecified atom stereocenters. The van der Waals surface area contributed by atoms with Crippen LogP contribution in [0.2, 0.25) is 10.0 Å². The second-order valence-corrected chi connectivity index (χ2v) is 8.83. The van der Waals surface area contributed by atoms with Gasteiger partial charge in [-0.1, -0.05) is 59.6 Å². The largest absolute Gasteiger partial charge is 0.443 e. The molecule has 0 aliphatic carbocycles. The van der Waals surface area contributed by atoms with Gasteiger partial charge in [-0.15, -0.1) is 0 Å². The summed E-state index contributed by atoms with van der Waals surface area (Å²) in [6.07, 6.45) is -1.49. The highest BCUT2D eigenvalue weighted by Crippen LogP contribution is 2.43. The van der Waals surface area contributed by atoms with Gasteiger partial charge in [0.1, 0.15) is 11.8 Å². The fourth-order valence-electron chi connectivity index (χ4n) is 3.44. The Hall–Kier alpha value is -2.08. The highest BCUT2D eigenvalue weighted by atomic mass is 35.5. The third-order valence-corrected chi connectivity index (χ3v) is 5.43. The molecule has 1 heterocycles. The molecule has 2 amide bonds. The van der Waals surface area contributed by atoms with E-state index in [-0.39, 0.29) is 18.5 Å². The van der Waals surface area contributed by atoms with Crippen molar-refractivity contribution in [1.29, 1.82) is 0 Å². The number of halogens is 2. The number of imide groups is 1. The predicted octanol–water partition coefficient (Wildman–Crippen LogP) is 5.83. The van der Waals surface area contributed by atoms with E-state index in [4.69, 9.17) is 27.9 Å². The average molecular weight is 435 g/mol. The van der Waals surface area contributed by atoms with Gasteiger partial charge in [0.15, 0.2) is 0 Å². The third-order valence-electron chi connectivity index (χ3n) is 4.77. The molecule has 1 saturated heterocycles. The van der Waals surface area contributed by atoms with Crippen LogP contribution in [-0.2, 0) is 9.53 Å². The number of ether oxygens (including phenoxy) is 1. The maximum atomic E-state index is 13.0. The number of hydrogen-bond acceptors (Lipinski definition) is 4. The lowest BCUT2D eigenvalue weighted by Gasteiger charge is -2.34. The molecular formula is C22H24Cl2N2O3. The number of carbonyl (C=O) groups is 2. The fourth-order valence-corrected chi connectivity index (χ4v) is 4.03. The summed E-state index contributed by atoms with van der Waals surface area (Å²) in [5.74, 6) is -0.358. The molecular weight excluding hydrogens is 411 g/mol. The molecule has 0 bridgehead atoms. The molecule has 0 aromatic heterocycles. The minimum atomic E-state index is -0.770. The number of hydrogen-bond donors (Lipinski definition) is 0. The van der Waals surface area contributed by atoms with E-state index in [1.165, 1.54) is 0 Å². The van der Waals surface area contributed by atoms with Gasteiger partial charge in [0.25, 0.3) is 0 Å². The molecule has 1 fully saturated rings. The van der Waals surface area contributed by atoms with Crippen LogP contribution in [0.4, 0.5) is 4.79 Å². The minimum absolute atomic E-state index is 0.0432. The van der Waals surface area contributed by atoms with Crippen molar-refractivity contribution >= 4 is 35.2 Å². The van der Waals surface area contributed by atoms with Crippen molar-refractivity contribution in [3.8, 4) is 0 Å². The molecule has 0 spiro atoms. The zero-order chi connectivity index (χ0) is 21.3. The number of amides is 2. The Kier molecular flexibility index (Phi) is 6.22. The standard InChI is InChI=1S/C22H24Cl2N2O3/c1-14(15-9-6-5-7-10-15)25-13-18(27)26(21(28)29-22(2,3)4)20(25)19-16(23)11-8-12-17(19)24/h5-12,14,20H,13H2,1-4H3. The molecule has 0 saturated carbocycles. The summed E-state index contributed by atoms with van der Waals surface area (Å²) in [6.45, 7) is 7.30. The Morgan fingerprint density at radius 1 is 1.07 bits per heavy atom. The van der Waals surface area contributed by atoms with Gasteiger partial charge in [-0.2, -0.15) is 0 Å². The second-order valence-electron chi connectivity index (χ2n) is 8.01. The Morgan fingerprint density at radius 3 is 2.21 bits per heavy atom. The van der Waals surface area contributed by atoms with Crippen molar-refractivity contribution in [1.82, 2.24) is 9.80 Å². The molecule has 2 aromatic carbocycles. The van der Waals surface area contributed by atoms with Crippen molar-refractivity contribution in [2.75, 3.05) is 6.54 Å². The van der Waals surface area contributed by atoms with Crippen molar-refractivity contribution in [3.05, 3.63) is 69.7 Å². The predicted molar refractivity (Wildman–Crippen MR) is 114 cm³/mol. The Bertz CT molecular complexity index is 892. The first-order valence-electron chi connectivity index (χ1n) is 9.40. The molecule has 3 rings (SSSR count). The molecule has 0 N–H and O–H groups in total. The van der Waals surface area contributed by atoms with Gasteiger partial charge in [0.2, 0.25) is 5.91 Å². The van der Waals surface area contributed by atoms with Crippen LogP contribution < -0.4 is 0 Å². The maximum Gasteiger partial charge on any atom is 0.418 e. The first-order valence-corrected chi connectivity index (χ1v) is 10.2. The van der Waals surface area contributed by atoms with Crippen LogP contribution in [0, 0.1) is 0 Å². The van der Waals surface area contributed by atoms with Crippen LogP contribution in [0.5, 0.6) is 0 Å². The van der Waals surface area contributed by atoms with Crippen molar-refractivity contribution in [2.45, 2.75) is 45.5 Å². The Morgan fingerprint density at radius 2 is 1.66 bits per heavy atom. The van der Waals surface area contributed by atoms with Gasteiger partial charge in [-0.3, -0.25) is 9.69 Å². The van der Waals surface area contributed by atoms with Crippen LogP contribution in [0.1, 0.15) is 51.0 Å². The van der Waals surface area contributed by atoms with Crippen LogP contribution >= 0.6 is 23.2 Å². The summed E-state index contributed by atoms with van der Waals surface area (Å²) in [6, 6.07) is 14.7. The maximum absolute atomic E-state index is 13.0. The van der Waals surface area contributed by atoms with Crippen molar-refractivity contribution < 1.29 is 14.3 Å². The minimum Gasteiger partial charge on any atom is -0.443 e. The van der Waals surface area contributed by atoms with Gasteiger partial charge >= 0.3 is 6.09 Å². The average Bonchev–Trinajstić information content (AvgIpc) is 2.97. The molecule has 2 aromatic rings. The zero-order valence-corrected chi connectivity index (χ0v) is 18.4. The van der Waals surface area contributed by atoms with E-state index in [1.54, 1.807) is 39.0 Å². The number of nitrogens with zero attached hydrogens (tertiary/aromatic N) is 2. The normalized spacial score (nSPS) is 18.8. The molecule has 0 radical (unpaired) electrons. The van der Waals surface area contributed by atoms with Crippen molar-refractivity contribution in [3.63, 3.8) is 0 Å². The highest BCUT2D eigenvalue weighted by Gasteiger charge is 2.47. The van der Waals surface area contributed by atoms with E-state index in [2.05, 4.69) is 0 Å². The summed E-state index contributed by atoms with van der Waals surface area (Å²) in [7, 11) is 0. The van der Waals surface area contributed by atoms with E-state index in [0.29, 0.717) is 15.6 Å². The summed E-state index contributed by atoms with van der Waals surface area (Å²) < 4.78 is 5.51. The van der Waals surface area contributed by atoms with Gasteiger partial charge in [0, 0.05) is 21.7 Å². The first-order chi connectivity index (χ1) is 13.6. The molecule has 1 aliphatic heterocycles. The van der Waals surface area contributed by atoms with E-state index in [9.17, 15) is 9.59 Å². The quantitative estimate of drug-likeness (QED) is 0.609. The topological polar surface area (TPSA) is 49.9 Å². The van der Waals surface area contributed by atoms with E-state index >= 15 is 0 Å². The highest BCUT2D eigenvalue weighted by molar-refractivity contribution is 6.36. The number of carbonyl (C=O) groups excluding carboxylic acids is 2. The number of benzene rings is 2. The molecule has 2 atom stereocenters. The molecule has 7 heteroatoms. The zero-order valence-electron chi connectivity index (χ0n) is 16.9. The lowest BCUT2D eigenvalue weighted by molar-refractivity contribution is -0.127. The summed E-state index contributed by atoms with van der Waals surface area (Å²) >= 11 is 13.0. The van der Waals surface area contributed by atoms with Crippen LogP contribution in [-0.4, -0.2) is 33.9 Å². The summed E-state index contributed by atoms with van der Waals surface area (Å²) in [5, 5.41) is 0.770. The monoisotopic (exact) mass is 434 g/mol. The molecule has 154 valence electrons. The molecule has 29 heavy (non-hydrogen) atoms. The third kappa shape index (κ3) is 4.58. The van der Waals surface area contributed by atoms with E-state index in [1.807, 2.05) is 42.2 Å². The van der Waals surface area contributed by atoms with Gasteiger partial charge in [-0.05, 0) is 45.4 Å². The Balaban J connectivity index is 2.09. The Labute approximate surface area is 181 Å². The first kappa shape index (κ1) is 21.6.